The minimum absolute atomic E-state index is 0.0810. The zero-order chi connectivity index (χ0) is 20.9. The highest BCUT2D eigenvalue weighted by molar-refractivity contribution is 7.99. The van der Waals surface area contributed by atoms with Crippen LogP contribution in [0.25, 0.3) is 22.0 Å². The summed E-state index contributed by atoms with van der Waals surface area (Å²) in [6, 6.07) is 25.1. The van der Waals surface area contributed by atoms with Crippen LogP contribution in [-0.4, -0.2) is 21.2 Å². The molecule has 0 aliphatic heterocycles. The van der Waals surface area contributed by atoms with E-state index in [0.717, 1.165) is 16.8 Å². The van der Waals surface area contributed by atoms with Crippen molar-refractivity contribution in [1.29, 1.82) is 0 Å². The monoisotopic (exact) mass is 415 g/mol. The van der Waals surface area contributed by atoms with Crippen molar-refractivity contribution in [3.63, 3.8) is 0 Å². The maximum Gasteiger partial charge on any atom is 0.262 e. The minimum atomic E-state index is -0.141. The Kier molecular flexibility index (Phi) is 5.95. The molecule has 0 fully saturated rings. The van der Waals surface area contributed by atoms with Crippen molar-refractivity contribution in [3.05, 3.63) is 89.2 Å². The van der Waals surface area contributed by atoms with Gasteiger partial charge in [0, 0.05) is 12.2 Å². The molecule has 0 saturated carbocycles. The number of benzene rings is 3. The summed E-state index contributed by atoms with van der Waals surface area (Å²) in [4.78, 5) is 29.7. The number of rotatable bonds is 6. The topological polar surface area (TPSA) is 64.0 Å². The van der Waals surface area contributed by atoms with Crippen molar-refractivity contribution in [2.75, 3.05) is 11.1 Å². The van der Waals surface area contributed by atoms with Crippen LogP contribution in [-0.2, 0) is 11.3 Å². The third-order valence-corrected chi connectivity index (χ3v) is 5.73. The van der Waals surface area contributed by atoms with Gasteiger partial charge >= 0.3 is 0 Å². The molecule has 150 valence electrons. The fourth-order valence-corrected chi connectivity index (χ4v) is 4.10. The Bertz CT molecular complexity index is 1240. The normalized spacial score (nSPS) is 10.8. The quantitative estimate of drug-likeness (QED) is 0.362. The van der Waals surface area contributed by atoms with Crippen molar-refractivity contribution < 1.29 is 4.79 Å². The zero-order valence-electron chi connectivity index (χ0n) is 16.5. The number of thioether (sulfide) groups is 1. The van der Waals surface area contributed by atoms with E-state index in [-0.39, 0.29) is 17.2 Å². The Morgan fingerprint density at radius 1 is 0.933 bits per heavy atom. The first-order valence-corrected chi connectivity index (χ1v) is 10.7. The number of anilines is 1. The molecule has 0 saturated heterocycles. The van der Waals surface area contributed by atoms with Crippen molar-refractivity contribution in [3.8, 4) is 11.1 Å². The van der Waals surface area contributed by atoms with Crippen LogP contribution >= 0.6 is 11.8 Å². The van der Waals surface area contributed by atoms with Crippen LogP contribution in [0.3, 0.4) is 0 Å². The number of nitrogens with one attached hydrogen (secondary N) is 1. The standard InChI is InChI=1S/C24H21N3O2S/c1-2-27-23(29)20-10-6-7-11-21(20)26-24(27)30-16-22(28)25-19-14-12-18(13-15-19)17-8-4-3-5-9-17/h3-15H,2,16H2,1H3,(H,25,28). The van der Waals surface area contributed by atoms with Crippen LogP contribution in [0.2, 0.25) is 0 Å². The first-order valence-electron chi connectivity index (χ1n) is 9.73. The van der Waals surface area contributed by atoms with E-state index in [2.05, 4.69) is 10.3 Å². The summed E-state index contributed by atoms with van der Waals surface area (Å²) in [7, 11) is 0. The Labute approximate surface area is 178 Å². The first-order chi connectivity index (χ1) is 14.7. The molecule has 0 unspecified atom stereocenters. The summed E-state index contributed by atoms with van der Waals surface area (Å²) >= 11 is 1.27. The van der Waals surface area contributed by atoms with E-state index in [1.165, 1.54) is 11.8 Å². The highest BCUT2D eigenvalue weighted by Crippen LogP contribution is 2.22. The van der Waals surface area contributed by atoms with Gasteiger partial charge in [-0.15, -0.1) is 0 Å². The van der Waals surface area contributed by atoms with Gasteiger partial charge in [-0.05, 0) is 42.3 Å². The third kappa shape index (κ3) is 4.28. The molecular weight excluding hydrogens is 394 g/mol. The maximum atomic E-state index is 12.7. The van der Waals surface area contributed by atoms with E-state index < -0.39 is 0 Å². The number of nitrogens with zero attached hydrogens (tertiary/aromatic N) is 2. The number of amides is 1. The molecule has 3 aromatic carbocycles. The number of para-hydroxylation sites is 1. The van der Waals surface area contributed by atoms with Gasteiger partial charge in [-0.2, -0.15) is 0 Å². The molecule has 0 aliphatic rings. The summed E-state index contributed by atoms with van der Waals surface area (Å²) in [5.74, 6) is 0.0307. The number of hydrogen-bond acceptors (Lipinski definition) is 4. The van der Waals surface area contributed by atoms with Crippen molar-refractivity contribution in [2.24, 2.45) is 0 Å². The van der Waals surface area contributed by atoms with E-state index >= 15 is 0 Å². The smallest absolute Gasteiger partial charge is 0.262 e. The molecule has 0 spiro atoms. The molecule has 5 nitrogen and oxygen atoms in total. The van der Waals surface area contributed by atoms with Gasteiger partial charge in [-0.3, -0.25) is 14.2 Å². The van der Waals surface area contributed by atoms with E-state index in [9.17, 15) is 9.59 Å². The lowest BCUT2D eigenvalue weighted by Crippen LogP contribution is -2.23. The van der Waals surface area contributed by atoms with E-state index in [4.69, 9.17) is 0 Å². The molecule has 0 radical (unpaired) electrons. The molecule has 4 rings (SSSR count). The largest absolute Gasteiger partial charge is 0.325 e. The van der Waals surface area contributed by atoms with Gasteiger partial charge in [0.1, 0.15) is 0 Å². The molecule has 0 atom stereocenters. The predicted molar refractivity (Wildman–Crippen MR) is 123 cm³/mol. The van der Waals surface area contributed by atoms with Crippen LogP contribution in [0.15, 0.2) is 88.8 Å². The molecular formula is C24H21N3O2S. The second-order valence-electron chi connectivity index (χ2n) is 6.74. The molecule has 1 N–H and O–H groups in total. The highest BCUT2D eigenvalue weighted by atomic mass is 32.2. The molecule has 30 heavy (non-hydrogen) atoms. The Hall–Kier alpha value is -3.38. The number of hydrogen-bond donors (Lipinski definition) is 1. The molecule has 6 heteroatoms. The summed E-state index contributed by atoms with van der Waals surface area (Å²) in [6.07, 6.45) is 0. The van der Waals surface area contributed by atoms with Crippen molar-refractivity contribution >= 4 is 34.3 Å². The van der Waals surface area contributed by atoms with Gasteiger partial charge in [0.05, 0.1) is 16.7 Å². The lowest BCUT2D eigenvalue weighted by Gasteiger charge is -2.11. The molecule has 0 bridgehead atoms. The number of fused-ring (bicyclic) bond motifs is 1. The molecule has 1 heterocycles. The summed E-state index contributed by atoms with van der Waals surface area (Å²) in [5, 5.41) is 4.05. The lowest BCUT2D eigenvalue weighted by molar-refractivity contribution is -0.113. The van der Waals surface area contributed by atoms with Crippen molar-refractivity contribution in [1.82, 2.24) is 9.55 Å². The second-order valence-corrected chi connectivity index (χ2v) is 7.68. The summed E-state index contributed by atoms with van der Waals surface area (Å²) in [6.45, 7) is 2.40. The van der Waals surface area contributed by atoms with E-state index in [0.29, 0.717) is 22.6 Å². The molecule has 4 aromatic rings. The van der Waals surface area contributed by atoms with Crippen LogP contribution in [0.5, 0.6) is 0 Å². The van der Waals surface area contributed by atoms with Crippen LogP contribution in [0.4, 0.5) is 5.69 Å². The van der Waals surface area contributed by atoms with Gasteiger partial charge in [0.15, 0.2) is 5.16 Å². The average molecular weight is 416 g/mol. The number of carbonyl (C=O) groups is 1. The molecule has 0 aliphatic carbocycles. The Balaban J connectivity index is 1.44. The second kappa shape index (κ2) is 8.97. The van der Waals surface area contributed by atoms with Gasteiger partial charge in [-0.25, -0.2) is 4.98 Å². The SMILES string of the molecule is CCn1c(SCC(=O)Nc2ccc(-c3ccccc3)cc2)nc2ccccc2c1=O. The number of aromatic nitrogens is 2. The third-order valence-electron chi connectivity index (χ3n) is 4.75. The fraction of sp³-hybridized carbons (Fsp3) is 0.125. The maximum absolute atomic E-state index is 12.7. The summed E-state index contributed by atoms with van der Waals surface area (Å²) in [5.41, 5.74) is 3.52. The fourth-order valence-electron chi connectivity index (χ4n) is 3.24. The van der Waals surface area contributed by atoms with Gasteiger partial charge in [0.2, 0.25) is 5.91 Å². The number of carbonyl (C=O) groups excluding carboxylic acids is 1. The zero-order valence-corrected chi connectivity index (χ0v) is 17.4. The Morgan fingerprint density at radius 3 is 2.33 bits per heavy atom. The van der Waals surface area contributed by atoms with Gasteiger partial charge < -0.3 is 5.32 Å². The molecule has 1 aromatic heterocycles. The first kappa shape index (κ1) is 19.9. The van der Waals surface area contributed by atoms with Crippen molar-refractivity contribution in [2.45, 2.75) is 18.6 Å². The Morgan fingerprint density at radius 2 is 1.60 bits per heavy atom. The highest BCUT2D eigenvalue weighted by Gasteiger charge is 2.12. The van der Waals surface area contributed by atoms with Crippen LogP contribution < -0.4 is 10.9 Å². The van der Waals surface area contributed by atoms with E-state index in [1.807, 2.05) is 79.7 Å². The predicted octanol–water partition coefficient (Wildman–Crippen LogP) is 4.81. The molecule has 1 amide bonds. The minimum Gasteiger partial charge on any atom is -0.325 e. The lowest BCUT2D eigenvalue weighted by atomic mass is 10.1. The average Bonchev–Trinajstić information content (AvgIpc) is 2.79. The van der Waals surface area contributed by atoms with Crippen LogP contribution in [0.1, 0.15) is 6.92 Å². The van der Waals surface area contributed by atoms with E-state index in [1.54, 1.807) is 10.6 Å². The summed E-state index contributed by atoms with van der Waals surface area (Å²) < 4.78 is 1.61. The van der Waals surface area contributed by atoms with Gasteiger partial charge in [-0.1, -0.05) is 66.4 Å². The van der Waals surface area contributed by atoms with Gasteiger partial charge in [0.25, 0.3) is 5.56 Å². The van der Waals surface area contributed by atoms with Crippen LogP contribution in [0, 0.1) is 0 Å².